The third kappa shape index (κ3) is 6.92. The van der Waals surface area contributed by atoms with Gasteiger partial charge < -0.3 is 15.4 Å². The van der Waals surface area contributed by atoms with Crippen LogP contribution in [0.5, 0.6) is 5.75 Å². The third-order valence-electron chi connectivity index (χ3n) is 3.57. The Morgan fingerprint density at radius 1 is 0.857 bits per heavy atom. The smallest absolute Gasteiger partial charge is 0.251 e. The zero-order valence-corrected chi connectivity index (χ0v) is 16.5. The highest BCUT2D eigenvalue weighted by atomic mass is 32.2. The Bertz CT molecular complexity index is 910. The number of anilines is 1. The molecule has 0 atom stereocenters. The van der Waals surface area contributed by atoms with Gasteiger partial charge in [0.1, 0.15) is 5.75 Å². The summed E-state index contributed by atoms with van der Waals surface area (Å²) in [6.07, 6.45) is 1.05. The molecular formula is C19H23N3O5S. The monoisotopic (exact) mass is 405 g/mol. The molecule has 0 radical (unpaired) electrons. The number of hydrogen-bond acceptors (Lipinski definition) is 5. The average Bonchev–Trinajstić information content (AvgIpc) is 2.65. The molecule has 0 saturated heterocycles. The molecule has 0 spiro atoms. The predicted molar refractivity (Wildman–Crippen MR) is 107 cm³/mol. The van der Waals surface area contributed by atoms with Gasteiger partial charge in [-0.3, -0.25) is 14.3 Å². The molecule has 0 fully saturated rings. The van der Waals surface area contributed by atoms with E-state index in [2.05, 4.69) is 15.4 Å². The molecule has 2 aromatic rings. The van der Waals surface area contributed by atoms with Crippen molar-refractivity contribution in [1.29, 1.82) is 0 Å². The maximum Gasteiger partial charge on any atom is 0.251 e. The van der Waals surface area contributed by atoms with Crippen LogP contribution >= 0.6 is 0 Å². The topological polar surface area (TPSA) is 114 Å². The van der Waals surface area contributed by atoms with Crippen LogP contribution in [-0.2, 0) is 10.0 Å². The Labute approximate surface area is 164 Å². The molecule has 9 heteroatoms. The number of nitrogens with one attached hydrogen (secondary N) is 3. The van der Waals surface area contributed by atoms with Crippen LogP contribution in [0.4, 0.5) is 5.69 Å². The molecule has 2 rings (SSSR count). The minimum Gasteiger partial charge on any atom is -0.494 e. The second-order valence-electron chi connectivity index (χ2n) is 5.92. The Balaban J connectivity index is 1.76. The molecule has 0 unspecified atom stereocenters. The molecular weight excluding hydrogens is 382 g/mol. The van der Waals surface area contributed by atoms with Gasteiger partial charge in [0.05, 0.1) is 12.9 Å². The quantitative estimate of drug-likeness (QED) is 0.549. The molecule has 0 aliphatic heterocycles. The normalized spacial score (nSPS) is 10.8. The van der Waals surface area contributed by atoms with Gasteiger partial charge in [-0.15, -0.1) is 0 Å². The molecule has 0 aliphatic rings. The minimum absolute atomic E-state index is 0.242. The summed E-state index contributed by atoms with van der Waals surface area (Å²) in [4.78, 5) is 24.1. The Morgan fingerprint density at radius 3 is 1.75 bits per heavy atom. The van der Waals surface area contributed by atoms with Crippen LogP contribution in [0.1, 0.15) is 27.6 Å². The lowest BCUT2D eigenvalue weighted by atomic mass is 10.2. The van der Waals surface area contributed by atoms with Crippen LogP contribution in [0.15, 0.2) is 48.5 Å². The second-order valence-corrected chi connectivity index (χ2v) is 7.67. The van der Waals surface area contributed by atoms with Crippen molar-refractivity contribution in [1.82, 2.24) is 10.6 Å². The number of carbonyl (C=O) groups is 2. The molecule has 28 heavy (non-hydrogen) atoms. The first-order valence-corrected chi connectivity index (χ1v) is 10.5. The van der Waals surface area contributed by atoms with E-state index in [9.17, 15) is 18.0 Å². The van der Waals surface area contributed by atoms with Gasteiger partial charge in [-0.1, -0.05) is 0 Å². The van der Waals surface area contributed by atoms with E-state index in [1.807, 2.05) is 6.92 Å². The van der Waals surface area contributed by atoms with Crippen molar-refractivity contribution >= 4 is 27.5 Å². The van der Waals surface area contributed by atoms with Crippen LogP contribution in [-0.4, -0.2) is 46.2 Å². The summed E-state index contributed by atoms with van der Waals surface area (Å²) >= 11 is 0. The third-order valence-corrected chi connectivity index (χ3v) is 4.18. The van der Waals surface area contributed by atoms with Crippen molar-refractivity contribution in [2.45, 2.75) is 6.92 Å². The van der Waals surface area contributed by atoms with E-state index >= 15 is 0 Å². The van der Waals surface area contributed by atoms with Crippen molar-refractivity contribution in [3.8, 4) is 5.75 Å². The SMILES string of the molecule is CCOc1ccc(C(=O)NCCNC(=O)c2ccc(NS(C)(=O)=O)cc2)cc1. The summed E-state index contributed by atoms with van der Waals surface area (Å²) < 4.78 is 30.0. The molecule has 0 saturated carbocycles. The van der Waals surface area contributed by atoms with Gasteiger partial charge >= 0.3 is 0 Å². The van der Waals surface area contributed by atoms with Crippen molar-refractivity contribution in [3.05, 3.63) is 59.7 Å². The Hall–Kier alpha value is -3.07. The molecule has 150 valence electrons. The second kappa shape index (κ2) is 9.75. The van der Waals surface area contributed by atoms with Crippen LogP contribution in [0.2, 0.25) is 0 Å². The zero-order chi connectivity index (χ0) is 20.6. The first-order valence-electron chi connectivity index (χ1n) is 8.65. The summed E-state index contributed by atoms with van der Waals surface area (Å²) in [7, 11) is -3.36. The minimum atomic E-state index is -3.36. The van der Waals surface area contributed by atoms with Gasteiger partial charge in [-0.25, -0.2) is 8.42 Å². The molecule has 2 amide bonds. The highest BCUT2D eigenvalue weighted by molar-refractivity contribution is 7.92. The number of rotatable bonds is 9. The number of hydrogen-bond donors (Lipinski definition) is 3. The van der Waals surface area contributed by atoms with Gasteiger partial charge in [-0.2, -0.15) is 0 Å². The molecule has 0 heterocycles. The molecule has 2 aromatic carbocycles. The number of ether oxygens (including phenoxy) is 1. The Kier molecular flexibility index (Phi) is 7.39. The van der Waals surface area contributed by atoms with E-state index in [1.54, 1.807) is 24.3 Å². The Morgan fingerprint density at radius 2 is 1.32 bits per heavy atom. The van der Waals surface area contributed by atoms with E-state index in [1.165, 1.54) is 24.3 Å². The van der Waals surface area contributed by atoms with Crippen LogP contribution in [0.25, 0.3) is 0 Å². The maximum absolute atomic E-state index is 12.1. The lowest BCUT2D eigenvalue weighted by Gasteiger charge is -2.09. The van der Waals surface area contributed by atoms with Gasteiger partial charge in [0.25, 0.3) is 11.8 Å². The fourth-order valence-corrected chi connectivity index (χ4v) is 2.89. The molecule has 0 aliphatic carbocycles. The predicted octanol–water partition coefficient (Wildman–Crippen LogP) is 1.62. The standard InChI is InChI=1S/C19H23N3O5S/c1-3-27-17-10-6-15(7-11-17)19(24)21-13-12-20-18(23)14-4-8-16(9-5-14)22-28(2,25)26/h4-11,22H,3,12-13H2,1-2H3,(H,20,23)(H,21,24). The number of sulfonamides is 1. The fourth-order valence-electron chi connectivity index (χ4n) is 2.33. The van der Waals surface area contributed by atoms with Crippen LogP contribution in [0, 0.1) is 0 Å². The number of benzene rings is 2. The first-order chi connectivity index (χ1) is 13.3. The fraction of sp³-hybridized carbons (Fsp3) is 0.263. The van der Waals surface area contributed by atoms with Crippen LogP contribution in [0.3, 0.4) is 0 Å². The molecule has 0 aromatic heterocycles. The van der Waals surface area contributed by atoms with E-state index in [0.717, 1.165) is 6.26 Å². The summed E-state index contributed by atoms with van der Waals surface area (Å²) in [6.45, 7) is 2.97. The highest BCUT2D eigenvalue weighted by Gasteiger charge is 2.08. The lowest BCUT2D eigenvalue weighted by Crippen LogP contribution is -2.34. The van der Waals surface area contributed by atoms with E-state index in [4.69, 9.17) is 4.74 Å². The van der Waals surface area contributed by atoms with Gasteiger partial charge in [0.2, 0.25) is 10.0 Å². The summed E-state index contributed by atoms with van der Waals surface area (Å²) in [6, 6.07) is 12.8. The van der Waals surface area contributed by atoms with Crippen molar-refractivity contribution in [2.24, 2.45) is 0 Å². The van der Waals surface area contributed by atoms with Crippen molar-refractivity contribution in [3.63, 3.8) is 0 Å². The van der Waals surface area contributed by atoms with E-state index in [-0.39, 0.29) is 24.9 Å². The van der Waals surface area contributed by atoms with Crippen molar-refractivity contribution < 1.29 is 22.7 Å². The number of amides is 2. The highest BCUT2D eigenvalue weighted by Crippen LogP contribution is 2.12. The van der Waals surface area contributed by atoms with Gasteiger partial charge in [0, 0.05) is 29.9 Å². The van der Waals surface area contributed by atoms with Crippen LogP contribution < -0.4 is 20.1 Å². The zero-order valence-electron chi connectivity index (χ0n) is 15.7. The maximum atomic E-state index is 12.1. The lowest BCUT2D eigenvalue weighted by molar-refractivity contribution is 0.0927. The summed E-state index contributed by atoms with van der Waals surface area (Å²) in [5.74, 6) is 0.138. The average molecular weight is 405 g/mol. The molecule has 0 bridgehead atoms. The van der Waals surface area contributed by atoms with E-state index < -0.39 is 10.0 Å². The largest absolute Gasteiger partial charge is 0.494 e. The van der Waals surface area contributed by atoms with E-state index in [0.29, 0.717) is 29.2 Å². The van der Waals surface area contributed by atoms with Crippen molar-refractivity contribution in [2.75, 3.05) is 30.7 Å². The van der Waals surface area contributed by atoms with Gasteiger partial charge in [0.15, 0.2) is 0 Å². The van der Waals surface area contributed by atoms with Gasteiger partial charge in [-0.05, 0) is 55.5 Å². The number of carbonyl (C=O) groups excluding carboxylic acids is 2. The first kappa shape index (κ1) is 21.2. The summed E-state index contributed by atoms with van der Waals surface area (Å²) in [5, 5.41) is 5.41. The molecule has 8 nitrogen and oxygen atoms in total. The summed E-state index contributed by atoms with van der Waals surface area (Å²) in [5.41, 5.74) is 1.27. The molecule has 3 N–H and O–H groups in total.